The molecule has 30 heteroatoms. The fourth-order valence-electron chi connectivity index (χ4n) is 6.28. The maximum Gasteiger partial charge on any atom is 0.295 e. The molecular weight excluding hydrogens is 1030 g/mol. The SMILES string of the molecule is NC(=O)CCN(CCO)c1nc(Nc2ccccc2)nc(Nc2ccc(/C=C/c3ccc(Nc4nc(Nc5ccccc5)nc(N(CCO)CCC(N)=O)n4)cc3S(=O)(=O)O)c(S(=O)(=O)O)c2)n1.NCCO.NCCO. The van der Waals surface area contributed by atoms with Crippen molar-refractivity contribution in [3.8, 4) is 0 Å². The van der Waals surface area contributed by atoms with Gasteiger partial charge in [-0.05, 0) is 59.7 Å². The van der Waals surface area contributed by atoms with Crippen molar-refractivity contribution in [2.24, 2.45) is 22.9 Å². The van der Waals surface area contributed by atoms with E-state index < -0.39 is 41.8 Å². The Morgan fingerprint density at radius 1 is 0.474 bits per heavy atom. The number of carbonyl (C=O) groups excluding carboxylic acids is 2. The summed E-state index contributed by atoms with van der Waals surface area (Å²) in [5.41, 5.74) is 21.5. The molecule has 0 aliphatic heterocycles. The first-order chi connectivity index (χ1) is 36.3. The highest BCUT2D eigenvalue weighted by Gasteiger charge is 2.21. The van der Waals surface area contributed by atoms with E-state index in [2.05, 4.69) is 51.2 Å². The van der Waals surface area contributed by atoms with Gasteiger partial charge in [0.05, 0.1) is 26.4 Å². The van der Waals surface area contributed by atoms with Gasteiger partial charge < -0.3 is 74.4 Å². The minimum atomic E-state index is -4.95. The molecule has 2 heterocycles. The van der Waals surface area contributed by atoms with Crippen LogP contribution in [0, 0.1) is 0 Å². The number of carbonyl (C=O) groups is 2. The highest BCUT2D eigenvalue weighted by molar-refractivity contribution is 7.86. The van der Waals surface area contributed by atoms with Gasteiger partial charge in [-0.2, -0.15) is 46.7 Å². The standard InChI is InChI=1S/C42H46N14O10S2.2C2H7NO/c43-35(59)17-19-55(21-23-57)41-51-37(45-29-7-3-1-4-8-29)49-39(53-41)47-31-15-13-27(33(25-31)67(61,62)63)11-12-28-14-16-32(26-34(28)68(64,65)66)48-40-50-38(46-30-9-5-2-6-10-30)52-42(54-40)56(22-24-58)20-18-36(44)60;2*3-1-2-4/h1-16,25-26,57-58H,17-24H2,(H2,43,59)(H2,44,60)(H,61,62,63)(H,64,65,66)(H2,45,47,49,51,53)(H2,46,48,50,52,54);2*4H,1-3H2/b12-11+;;. The topological polar surface area (TPSA) is 460 Å². The molecule has 18 N–H and O–H groups in total. The summed E-state index contributed by atoms with van der Waals surface area (Å²) in [7, 11) is -9.90. The molecule has 0 bridgehead atoms. The Labute approximate surface area is 437 Å². The first-order valence-electron chi connectivity index (χ1n) is 22.8. The minimum Gasteiger partial charge on any atom is -0.395 e. The lowest BCUT2D eigenvalue weighted by molar-refractivity contribution is -0.118. The van der Waals surface area contributed by atoms with E-state index >= 15 is 0 Å². The summed E-state index contributed by atoms with van der Waals surface area (Å²) in [6, 6.07) is 25.4. The zero-order chi connectivity index (χ0) is 55.7. The molecule has 0 aliphatic carbocycles. The number of aliphatic hydroxyl groups excluding tert-OH is 4. The molecule has 6 rings (SSSR count). The number of nitrogens with two attached hydrogens (primary N) is 4. The molecule has 4 aromatic carbocycles. The number of aromatic nitrogens is 6. The highest BCUT2D eigenvalue weighted by Crippen LogP contribution is 2.29. The predicted molar refractivity (Wildman–Crippen MR) is 286 cm³/mol. The molecule has 6 aromatic rings. The summed E-state index contributed by atoms with van der Waals surface area (Å²) < 4.78 is 71.8. The zero-order valence-electron chi connectivity index (χ0n) is 40.7. The quantitative estimate of drug-likeness (QED) is 0.0265. The molecule has 0 radical (unpaired) electrons. The molecule has 76 heavy (non-hydrogen) atoms. The van der Waals surface area contributed by atoms with E-state index in [0.717, 1.165) is 12.1 Å². The van der Waals surface area contributed by atoms with Crippen LogP contribution in [0.15, 0.2) is 107 Å². The minimum absolute atomic E-state index is 0.0213. The van der Waals surface area contributed by atoms with Gasteiger partial charge in [-0.3, -0.25) is 18.7 Å². The maximum atomic E-state index is 12.8. The predicted octanol–water partition coefficient (Wildman–Crippen LogP) is 0.918. The molecule has 2 amide bonds. The first-order valence-corrected chi connectivity index (χ1v) is 25.7. The van der Waals surface area contributed by atoms with Crippen molar-refractivity contribution < 1.29 is 56.0 Å². The second-order valence-electron chi connectivity index (χ2n) is 15.5. The van der Waals surface area contributed by atoms with E-state index in [1.807, 2.05) is 0 Å². The van der Waals surface area contributed by atoms with Crippen molar-refractivity contribution >= 4 is 103 Å². The van der Waals surface area contributed by atoms with Crippen LogP contribution in [-0.4, -0.2) is 154 Å². The van der Waals surface area contributed by atoms with Crippen LogP contribution in [0.2, 0.25) is 0 Å². The van der Waals surface area contributed by atoms with Crippen LogP contribution in [-0.2, 0) is 29.8 Å². The van der Waals surface area contributed by atoms with Crippen LogP contribution in [0.25, 0.3) is 12.2 Å². The van der Waals surface area contributed by atoms with Gasteiger partial charge in [0, 0.05) is 74.9 Å². The van der Waals surface area contributed by atoms with Crippen LogP contribution in [0.3, 0.4) is 0 Å². The number of hydrogen-bond donors (Lipinski definition) is 14. The third-order valence-electron chi connectivity index (χ3n) is 9.66. The zero-order valence-corrected chi connectivity index (χ0v) is 42.3. The number of primary amides is 2. The van der Waals surface area contributed by atoms with Gasteiger partial charge in [0.2, 0.25) is 47.5 Å². The lowest BCUT2D eigenvalue weighted by Gasteiger charge is -2.22. The van der Waals surface area contributed by atoms with Crippen molar-refractivity contribution in [1.29, 1.82) is 0 Å². The molecule has 0 unspecified atom stereocenters. The van der Waals surface area contributed by atoms with Crippen molar-refractivity contribution in [1.82, 2.24) is 29.9 Å². The number of anilines is 10. The summed E-state index contributed by atoms with van der Waals surface area (Å²) in [6.07, 6.45) is 2.25. The molecule has 0 saturated heterocycles. The average Bonchev–Trinajstić information content (AvgIpc) is 3.38. The largest absolute Gasteiger partial charge is 0.395 e. The summed E-state index contributed by atoms with van der Waals surface area (Å²) in [5, 5.41) is 46.8. The number of nitrogens with zero attached hydrogens (tertiary/aromatic N) is 8. The number of para-hydroxylation sites is 2. The van der Waals surface area contributed by atoms with E-state index in [0.29, 0.717) is 24.5 Å². The summed E-state index contributed by atoms with van der Waals surface area (Å²) >= 11 is 0. The Bertz CT molecular complexity index is 2870. The van der Waals surface area contributed by atoms with E-state index in [9.17, 15) is 45.7 Å². The molecule has 0 spiro atoms. The van der Waals surface area contributed by atoms with Crippen molar-refractivity contribution in [2.75, 3.05) is 96.8 Å². The first kappa shape index (κ1) is 60.5. The smallest absolute Gasteiger partial charge is 0.295 e. The van der Waals surface area contributed by atoms with Crippen molar-refractivity contribution in [3.63, 3.8) is 0 Å². The van der Waals surface area contributed by atoms with Gasteiger partial charge in [-0.1, -0.05) is 60.7 Å². The van der Waals surface area contributed by atoms with Gasteiger partial charge in [0.1, 0.15) is 9.79 Å². The fraction of sp³-hybridized carbons (Fsp3) is 0.261. The van der Waals surface area contributed by atoms with E-state index in [1.165, 1.54) is 46.2 Å². The molecule has 408 valence electrons. The molecule has 28 nitrogen and oxygen atoms in total. The summed E-state index contributed by atoms with van der Waals surface area (Å²) in [5.74, 6) is -1.25. The van der Waals surface area contributed by atoms with Gasteiger partial charge in [-0.15, -0.1) is 0 Å². The molecule has 2 aromatic heterocycles. The maximum absolute atomic E-state index is 12.8. The van der Waals surface area contributed by atoms with Gasteiger partial charge >= 0.3 is 0 Å². The van der Waals surface area contributed by atoms with E-state index in [-0.39, 0.29) is 124 Å². The number of amides is 2. The second kappa shape index (κ2) is 30.4. The third-order valence-corrected chi connectivity index (χ3v) is 11.5. The number of aliphatic hydroxyl groups is 4. The van der Waals surface area contributed by atoms with Crippen LogP contribution >= 0.6 is 0 Å². The number of benzene rings is 4. The molecule has 0 aliphatic rings. The summed E-state index contributed by atoms with van der Waals surface area (Å²) in [6.45, 7) is 0.446. The summed E-state index contributed by atoms with van der Waals surface area (Å²) in [4.78, 5) is 51.5. The molecule has 0 fully saturated rings. The fourth-order valence-corrected chi connectivity index (χ4v) is 7.70. The van der Waals surface area contributed by atoms with Crippen LogP contribution in [0.1, 0.15) is 24.0 Å². The van der Waals surface area contributed by atoms with Gasteiger partial charge in [0.15, 0.2) is 0 Å². The normalized spacial score (nSPS) is 11.1. The average molecular weight is 1090 g/mol. The van der Waals surface area contributed by atoms with E-state index in [1.54, 1.807) is 60.7 Å². The highest BCUT2D eigenvalue weighted by atomic mass is 32.2. The Morgan fingerprint density at radius 2 is 0.789 bits per heavy atom. The van der Waals surface area contributed by atoms with Crippen LogP contribution in [0.5, 0.6) is 0 Å². The number of hydrogen-bond acceptors (Lipinski definition) is 24. The number of nitrogens with one attached hydrogen (secondary N) is 4. The van der Waals surface area contributed by atoms with Crippen LogP contribution < -0.4 is 54.0 Å². The number of rotatable bonds is 26. The van der Waals surface area contributed by atoms with Gasteiger partial charge in [0.25, 0.3) is 20.2 Å². The molecular formula is C46H60N16O12S2. The molecule has 0 atom stereocenters. The third kappa shape index (κ3) is 20.3. The van der Waals surface area contributed by atoms with E-state index in [4.69, 9.17) is 33.1 Å². The van der Waals surface area contributed by atoms with Crippen molar-refractivity contribution in [3.05, 3.63) is 108 Å². The Hall–Kier alpha value is -8.04. The van der Waals surface area contributed by atoms with Crippen LogP contribution in [0.4, 0.5) is 58.4 Å². The van der Waals surface area contributed by atoms with Crippen molar-refractivity contribution in [2.45, 2.75) is 22.6 Å². The Morgan fingerprint density at radius 3 is 1.07 bits per heavy atom. The monoisotopic (exact) mass is 1090 g/mol. The second-order valence-corrected chi connectivity index (χ2v) is 18.2. The van der Waals surface area contributed by atoms with Gasteiger partial charge in [-0.25, -0.2) is 0 Å². The lowest BCUT2D eigenvalue weighted by Crippen LogP contribution is -2.32. The Balaban J connectivity index is 0.00000145. The Kier molecular flexibility index (Phi) is 24.2. The molecule has 0 saturated carbocycles. The lowest BCUT2D eigenvalue weighted by atomic mass is 10.1.